The summed E-state index contributed by atoms with van der Waals surface area (Å²) in [4.78, 5) is 0. The minimum absolute atomic E-state index is 0.732. The molecule has 128 valence electrons. The second kappa shape index (κ2) is 11.8. The van der Waals surface area contributed by atoms with Crippen molar-refractivity contribution in [1.82, 2.24) is 0 Å². The van der Waals surface area contributed by atoms with Gasteiger partial charge in [-0.1, -0.05) is 31.2 Å². The maximum Gasteiger partial charge on any atom is 0.0874 e. The summed E-state index contributed by atoms with van der Waals surface area (Å²) in [6.45, 7) is 8.52. The highest BCUT2D eigenvalue weighted by atomic mass is 16.5. The van der Waals surface area contributed by atoms with Crippen molar-refractivity contribution in [2.45, 2.75) is 40.0 Å². The Morgan fingerprint density at radius 3 is 1.78 bits per heavy atom. The van der Waals surface area contributed by atoms with Crippen molar-refractivity contribution in [2.75, 3.05) is 26.9 Å². The first-order valence-electron chi connectivity index (χ1n) is 8.35. The molecule has 0 spiro atoms. The maximum atomic E-state index is 5.59. The first-order chi connectivity index (χ1) is 11.2. The van der Waals surface area contributed by atoms with Crippen LogP contribution < -0.4 is 0 Å². The van der Waals surface area contributed by atoms with Crippen LogP contribution in [0.5, 0.6) is 0 Å². The van der Waals surface area contributed by atoms with Crippen LogP contribution in [0.15, 0.2) is 36.8 Å². The third-order valence-corrected chi connectivity index (χ3v) is 3.50. The molecule has 0 bridgehead atoms. The summed E-state index contributed by atoms with van der Waals surface area (Å²) in [5.41, 5.74) is 4.62. The molecule has 0 aliphatic heterocycles. The first-order valence-corrected chi connectivity index (χ1v) is 8.35. The van der Waals surface area contributed by atoms with Crippen LogP contribution in [0.4, 0.5) is 0 Å². The molecule has 0 aliphatic carbocycles. The normalized spacial score (nSPS) is 12.3. The van der Waals surface area contributed by atoms with Crippen molar-refractivity contribution in [3.05, 3.63) is 47.9 Å². The SMILES string of the molecule is CCCOC=C(C)c1ccc(C(C)=COCCCCOC)cc1. The zero-order valence-electron chi connectivity index (χ0n) is 14.9. The third kappa shape index (κ3) is 7.89. The lowest BCUT2D eigenvalue weighted by Crippen LogP contribution is -1.93. The van der Waals surface area contributed by atoms with E-state index in [2.05, 4.69) is 45.0 Å². The molecule has 0 saturated carbocycles. The molecule has 0 N–H and O–H groups in total. The lowest BCUT2D eigenvalue weighted by molar-refractivity contribution is 0.175. The van der Waals surface area contributed by atoms with Crippen LogP contribution in [0, 0.1) is 0 Å². The van der Waals surface area contributed by atoms with E-state index < -0.39 is 0 Å². The van der Waals surface area contributed by atoms with Crippen molar-refractivity contribution in [1.29, 1.82) is 0 Å². The van der Waals surface area contributed by atoms with E-state index >= 15 is 0 Å². The van der Waals surface area contributed by atoms with E-state index in [0.717, 1.165) is 50.2 Å². The molecule has 0 aliphatic rings. The average molecular weight is 318 g/mol. The van der Waals surface area contributed by atoms with Crippen LogP contribution in [-0.4, -0.2) is 26.9 Å². The number of allylic oxidation sites excluding steroid dienone is 2. The summed E-state index contributed by atoms with van der Waals surface area (Å²) >= 11 is 0. The summed E-state index contributed by atoms with van der Waals surface area (Å²) in [5.74, 6) is 0. The van der Waals surface area contributed by atoms with Crippen molar-refractivity contribution in [3.8, 4) is 0 Å². The highest BCUT2D eigenvalue weighted by Gasteiger charge is 1.99. The number of benzene rings is 1. The van der Waals surface area contributed by atoms with Gasteiger partial charge in [-0.25, -0.2) is 0 Å². The zero-order valence-corrected chi connectivity index (χ0v) is 14.9. The molecule has 0 heterocycles. The largest absolute Gasteiger partial charge is 0.501 e. The van der Waals surface area contributed by atoms with Crippen LogP contribution in [-0.2, 0) is 14.2 Å². The molecule has 0 amide bonds. The monoisotopic (exact) mass is 318 g/mol. The van der Waals surface area contributed by atoms with E-state index in [1.165, 1.54) is 11.1 Å². The van der Waals surface area contributed by atoms with Gasteiger partial charge >= 0.3 is 0 Å². The van der Waals surface area contributed by atoms with Gasteiger partial charge in [-0.05, 0) is 55.4 Å². The summed E-state index contributed by atoms with van der Waals surface area (Å²) in [5, 5.41) is 0. The number of hydrogen-bond acceptors (Lipinski definition) is 3. The van der Waals surface area contributed by atoms with E-state index in [-0.39, 0.29) is 0 Å². The van der Waals surface area contributed by atoms with Gasteiger partial charge in [-0.15, -0.1) is 0 Å². The number of ether oxygens (including phenoxy) is 3. The lowest BCUT2D eigenvalue weighted by atomic mass is 10.0. The Morgan fingerprint density at radius 2 is 1.30 bits per heavy atom. The Morgan fingerprint density at radius 1 is 0.826 bits per heavy atom. The second-order valence-electron chi connectivity index (χ2n) is 5.62. The van der Waals surface area contributed by atoms with Crippen LogP contribution >= 0.6 is 0 Å². The lowest BCUT2D eigenvalue weighted by Gasteiger charge is -2.07. The molecule has 3 heteroatoms. The van der Waals surface area contributed by atoms with Crippen LogP contribution in [0.3, 0.4) is 0 Å². The molecule has 1 rings (SSSR count). The Balaban J connectivity index is 2.49. The van der Waals surface area contributed by atoms with E-state index in [1.54, 1.807) is 7.11 Å². The van der Waals surface area contributed by atoms with Gasteiger partial charge < -0.3 is 14.2 Å². The topological polar surface area (TPSA) is 27.7 Å². The molecule has 0 saturated heterocycles. The van der Waals surface area contributed by atoms with Crippen molar-refractivity contribution < 1.29 is 14.2 Å². The summed E-state index contributed by atoms with van der Waals surface area (Å²) in [6.07, 6.45) is 6.75. The fourth-order valence-electron chi connectivity index (χ4n) is 2.05. The molecule has 0 radical (unpaired) electrons. The summed E-state index contributed by atoms with van der Waals surface area (Å²) in [6, 6.07) is 8.47. The van der Waals surface area contributed by atoms with Crippen LogP contribution in [0.25, 0.3) is 11.1 Å². The van der Waals surface area contributed by atoms with Crippen molar-refractivity contribution >= 4 is 11.1 Å². The molecule has 0 unspecified atom stereocenters. The van der Waals surface area contributed by atoms with Gasteiger partial charge in [-0.2, -0.15) is 0 Å². The highest BCUT2D eigenvalue weighted by molar-refractivity contribution is 5.68. The highest BCUT2D eigenvalue weighted by Crippen LogP contribution is 2.19. The Labute approximate surface area is 141 Å². The second-order valence-corrected chi connectivity index (χ2v) is 5.62. The summed E-state index contributed by atoms with van der Waals surface area (Å²) < 4.78 is 16.1. The zero-order chi connectivity index (χ0) is 16.9. The fraction of sp³-hybridized carbons (Fsp3) is 0.500. The van der Waals surface area contributed by atoms with Gasteiger partial charge in [0.1, 0.15) is 0 Å². The van der Waals surface area contributed by atoms with E-state index in [0.29, 0.717) is 0 Å². The van der Waals surface area contributed by atoms with Gasteiger partial charge in [0, 0.05) is 13.7 Å². The van der Waals surface area contributed by atoms with Gasteiger partial charge in [0.25, 0.3) is 0 Å². The predicted octanol–water partition coefficient (Wildman–Crippen LogP) is 5.28. The van der Waals surface area contributed by atoms with E-state index in [1.807, 2.05) is 12.5 Å². The quantitative estimate of drug-likeness (QED) is 0.410. The minimum Gasteiger partial charge on any atom is -0.501 e. The van der Waals surface area contributed by atoms with Gasteiger partial charge in [-0.3, -0.25) is 0 Å². The van der Waals surface area contributed by atoms with E-state index in [9.17, 15) is 0 Å². The van der Waals surface area contributed by atoms with E-state index in [4.69, 9.17) is 14.2 Å². The average Bonchev–Trinajstić information content (AvgIpc) is 2.58. The molecule has 0 fully saturated rings. The Bertz CT molecular complexity index is 486. The molecule has 0 aromatic heterocycles. The van der Waals surface area contributed by atoms with Gasteiger partial charge in [0.05, 0.1) is 25.7 Å². The van der Waals surface area contributed by atoms with Crippen molar-refractivity contribution in [3.63, 3.8) is 0 Å². The first kappa shape index (κ1) is 19.3. The smallest absolute Gasteiger partial charge is 0.0874 e. The molecular formula is C20H30O3. The molecule has 0 atom stereocenters. The van der Waals surface area contributed by atoms with Crippen molar-refractivity contribution in [2.24, 2.45) is 0 Å². The molecule has 1 aromatic rings. The number of rotatable bonds is 11. The Hall–Kier alpha value is -1.74. The standard InChI is InChI=1S/C20H30O3/c1-5-12-22-15-17(2)19-8-10-20(11-9-19)18(3)16-23-14-7-6-13-21-4/h8-11,15-16H,5-7,12-14H2,1-4H3. The number of hydrogen-bond donors (Lipinski definition) is 0. The minimum atomic E-state index is 0.732. The molecular weight excluding hydrogens is 288 g/mol. The van der Waals surface area contributed by atoms with Crippen LogP contribution in [0.2, 0.25) is 0 Å². The fourth-order valence-corrected chi connectivity index (χ4v) is 2.05. The predicted molar refractivity (Wildman–Crippen MR) is 97.0 cm³/mol. The molecule has 1 aromatic carbocycles. The molecule has 3 nitrogen and oxygen atoms in total. The summed E-state index contributed by atoms with van der Waals surface area (Å²) in [7, 11) is 1.72. The molecule has 23 heavy (non-hydrogen) atoms. The third-order valence-electron chi connectivity index (χ3n) is 3.50. The number of unbranched alkanes of at least 4 members (excludes halogenated alkanes) is 1. The van der Waals surface area contributed by atoms with Crippen LogP contribution in [0.1, 0.15) is 51.2 Å². The van der Waals surface area contributed by atoms with Gasteiger partial charge in [0.15, 0.2) is 0 Å². The maximum absolute atomic E-state index is 5.59. The number of methoxy groups -OCH3 is 1. The van der Waals surface area contributed by atoms with Gasteiger partial charge in [0.2, 0.25) is 0 Å². The Kier molecular flexibility index (Phi) is 9.89.